The van der Waals surface area contributed by atoms with E-state index < -0.39 is 17.7 Å². The number of amides is 1. The van der Waals surface area contributed by atoms with E-state index in [1.54, 1.807) is 0 Å². The van der Waals surface area contributed by atoms with Crippen molar-refractivity contribution < 1.29 is 18.7 Å². The van der Waals surface area contributed by atoms with E-state index in [4.69, 9.17) is 0 Å². The smallest absolute Gasteiger partial charge is 0.224 e. The number of nitrogens with one attached hydrogen (secondary N) is 1. The zero-order chi connectivity index (χ0) is 17.8. The molecule has 1 unspecified atom stereocenters. The number of fused-ring (bicyclic) bond motifs is 1. The number of hydrogen-bond donors (Lipinski definition) is 2. The molecule has 25 heavy (non-hydrogen) atoms. The van der Waals surface area contributed by atoms with Crippen LogP contribution in [-0.4, -0.2) is 17.6 Å². The van der Waals surface area contributed by atoms with E-state index in [-0.39, 0.29) is 24.4 Å². The van der Waals surface area contributed by atoms with Gasteiger partial charge in [0.25, 0.3) is 0 Å². The number of aliphatic hydroxyl groups excluding tert-OH is 1. The van der Waals surface area contributed by atoms with E-state index in [9.17, 15) is 18.7 Å². The van der Waals surface area contributed by atoms with Crippen molar-refractivity contribution in [3.8, 4) is 0 Å². The highest BCUT2D eigenvalue weighted by Crippen LogP contribution is 2.22. The quantitative estimate of drug-likeness (QED) is 0.874. The maximum absolute atomic E-state index is 13.2. The van der Waals surface area contributed by atoms with Gasteiger partial charge < -0.3 is 10.4 Å². The maximum atomic E-state index is 13.2. The minimum Gasteiger partial charge on any atom is -0.387 e. The minimum absolute atomic E-state index is 0.0468. The SMILES string of the molecule is O=C(Cc1ccc2c(c1)CCCC2)NCC(O)c1ccc(F)c(F)c1. The Labute approximate surface area is 145 Å². The van der Waals surface area contributed by atoms with Gasteiger partial charge in [-0.3, -0.25) is 4.79 Å². The summed E-state index contributed by atoms with van der Waals surface area (Å²) < 4.78 is 26.1. The van der Waals surface area contributed by atoms with Gasteiger partial charge in [-0.15, -0.1) is 0 Å². The topological polar surface area (TPSA) is 49.3 Å². The van der Waals surface area contributed by atoms with Crippen LogP contribution in [0.2, 0.25) is 0 Å². The number of rotatable bonds is 5. The summed E-state index contributed by atoms with van der Waals surface area (Å²) in [5, 5.41) is 12.6. The molecule has 2 aromatic carbocycles. The zero-order valence-corrected chi connectivity index (χ0v) is 13.9. The Kier molecular flexibility index (Phi) is 5.43. The average Bonchev–Trinajstić information content (AvgIpc) is 2.62. The summed E-state index contributed by atoms with van der Waals surface area (Å²) in [5.41, 5.74) is 3.86. The molecule has 0 bridgehead atoms. The fraction of sp³-hybridized carbons (Fsp3) is 0.350. The van der Waals surface area contributed by atoms with E-state index in [1.807, 2.05) is 6.07 Å². The van der Waals surface area contributed by atoms with Gasteiger partial charge in [0.05, 0.1) is 12.5 Å². The summed E-state index contributed by atoms with van der Waals surface area (Å²) >= 11 is 0. The van der Waals surface area contributed by atoms with Crippen molar-refractivity contribution >= 4 is 5.91 Å². The van der Waals surface area contributed by atoms with Crippen LogP contribution < -0.4 is 5.32 Å². The lowest BCUT2D eigenvalue weighted by Gasteiger charge is -2.17. The normalized spacial score (nSPS) is 14.7. The van der Waals surface area contributed by atoms with E-state index in [0.717, 1.165) is 30.5 Å². The predicted octanol–water partition coefficient (Wildman–Crippen LogP) is 3.24. The van der Waals surface area contributed by atoms with Crippen LogP contribution in [-0.2, 0) is 24.1 Å². The first-order chi connectivity index (χ1) is 12.0. The van der Waals surface area contributed by atoms with Gasteiger partial charge in [0.2, 0.25) is 5.91 Å². The first kappa shape index (κ1) is 17.5. The van der Waals surface area contributed by atoms with E-state index in [1.165, 1.54) is 30.0 Å². The molecule has 1 aliphatic rings. The summed E-state index contributed by atoms with van der Waals surface area (Å²) in [4.78, 5) is 12.1. The molecule has 3 nitrogen and oxygen atoms in total. The Morgan fingerprint density at radius 2 is 1.80 bits per heavy atom. The number of carbonyl (C=O) groups excluding carboxylic acids is 1. The van der Waals surface area contributed by atoms with Crippen molar-refractivity contribution in [2.75, 3.05) is 6.54 Å². The highest BCUT2D eigenvalue weighted by atomic mass is 19.2. The van der Waals surface area contributed by atoms with Crippen LogP contribution in [0, 0.1) is 11.6 Å². The van der Waals surface area contributed by atoms with Crippen molar-refractivity contribution in [1.29, 1.82) is 0 Å². The van der Waals surface area contributed by atoms with E-state index in [2.05, 4.69) is 17.4 Å². The van der Waals surface area contributed by atoms with Crippen LogP contribution in [0.25, 0.3) is 0 Å². The summed E-state index contributed by atoms with van der Waals surface area (Å²) in [6.07, 6.45) is 3.71. The Bertz CT molecular complexity index is 776. The Hall–Kier alpha value is -2.27. The van der Waals surface area contributed by atoms with Crippen molar-refractivity contribution in [1.82, 2.24) is 5.32 Å². The van der Waals surface area contributed by atoms with Crippen LogP contribution in [0.1, 0.15) is 41.2 Å². The number of halogens is 2. The van der Waals surface area contributed by atoms with Gasteiger partial charge in [-0.2, -0.15) is 0 Å². The third-order valence-electron chi connectivity index (χ3n) is 4.60. The molecule has 0 heterocycles. The predicted molar refractivity (Wildman–Crippen MR) is 91.1 cm³/mol. The summed E-state index contributed by atoms with van der Waals surface area (Å²) in [6, 6.07) is 9.35. The molecule has 2 N–H and O–H groups in total. The van der Waals surface area contributed by atoms with Gasteiger partial charge in [-0.05, 0) is 60.1 Å². The van der Waals surface area contributed by atoms with Crippen molar-refractivity contribution in [3.63, 3.8) is 0 Å². The van der Waals surface area contributed by atoms with E-state index in [0.29, 0.717) is 0 Å². The monoisotopic (exact) mass is 345 g/mol. The van der Waals surface area contributed by atoms with Crippen LogP contribution in [0.4, 0.5) is 8.78 Å². The first-order valence-corrected chi connectivity index (χ1v) is 8.53. The standard InChI is InChI=1S/C20H21F2NO2/c21-17-8-7-16(11-18(17)22)19(24)12-23-20(25)10-13-5-6-14-3-1-2-4-15(14)9-13/h5-9,11,19,24H,1-4,10,12H2,(H,23,25). The van der Waals surface area contributed by atoms with Crippen molar-refractivity contribution in [2.45, 2.75) is 38.2 Å². The molecule has 1 amide bonds. The molecule has 132 valence electrons. The van der Waals surface area contributed by atoms with E-state index >= 15 is 0 Å². The zero-order valence-electron chi connectivity index (χ0n) is 13.9. The van der Waals surface area contributed by atoms with Crippen molar-refractivity contribution in [2.24, 2.45) is 0 Å². The average molecular weight is 345 g/mol. The molecule has 3 rings (SSSR count). The first-order valence-electron chi connectivity index (χ1n) is 8.53. The molecule has 0 spiro atoms. The molecule has 0 saturated carbocycles. The molecule has 0 fully saturated rings. The van der Waals surface area contributed by atoms with Crippen LogP contribution >= 0.6 is 0 Å². The molecule has 5 heteroatoms. The van der Waals surface area contributed by atoms with Crippen molar-refractivity contribution in [3.05, 3.63) is 70.3 Å². The Balaban J connectivity index is 1.54. The van der Waals surface area contributed by atoms with Crippen LogP contribution in [0.3, 0.4) is 0 Å². The second-order valence-electron chi connectivity index (χ2n) is 6.48. The number of carbonyl (C=O) groups is 1. The Morgan fingerprint density at radius 3 is 2.56 bits per heavy atom. The third kappa shape index (κ3) is 4.42. The van der Waals surface area contributed by atoms with Gasteiger partial charge in [0, 0.05) is 6.54 Å². The molecule has 0 aromatic heterocycles. The highest BCUT2D eigenvalue weighted by Gasteiger charge is 2.14. The number of hydrogen-bond acceptors (Lipinski definition) is 2. The van der Waals surface area contributed by atoms with Gasteiger partial charge in [-0.1, -0.05) is 24.3 Å². The molecule has 0 radical (unpaired) electrons. The van der Waals surface area contributed by atoms with Gasteiger partial charge in [0.1, 0.15) is 0 Å². The third-order valence-corrected chi connectivity index (χ3v) is 4.60. The van der Waals surface area contributed by atoms with Crippen LogP contribution in [0.15, 0.2) is 36.4 Å². The molecular formula is C20H21F2NO2. The fourth-order valence-electron chi connectivity index (χ4n) is 3.19. The van der Waals surface area contributed by atoms with Gasteiger partial charge >= 0.3 is 0 Å². The number of aliphatic hydroxyl groups is 1. The van der Waals surface area contributed by atoms with Gasteiger partial charge in [-0.25, -0.2) is 8.78 Å². The molecule has 0 aliphatic heterocycles. The largest absolute Gasteiger partial charge is 0.387 e. The van der Waals surface area contributed by atoms with Crippen LogP contribution in [0.5, 0.6) is 0 Å². The fourth-order valence-corrected chi connectivity index (χ4v) is 3.19. The second kappa shape index (κ2) is 7.74. The maximum Gasteiger partial charge on any atom is 0.224 e. The molecule has 2 aromatic rings. The summed E-state index contributed by atoms with van der Waals surface area (Å²) in [7, 11) is 0. The second-order valence-corrected chi connectivity index (χ2v) is 6.48. The highest BCUT2D eigenvalue weighted by molar-refractivity contribution is 5.78. The number of aryl methyl sites for hydroxylation is 2. The number of benzene rings is 2. The molecule has 1 atom stereocenters. The summed E-state index contributed by atoms with van der Waals surface area (Å²) in [6.45, 7) is -0.0468. The lowest BCUT2D eigenvalue weighted by molar-refractivity contribution is -0.120. The molecule has 1 aliphatic carbocycles. The Morgan fingerprint density at radius 1 is 1.04 bits per heavy atom. The minimum atomic E-state index is -1.08. The molecular weight excluding hydrogens is 324 g/mol. The van der Waals surface area contributed by atoms with Gasteiger partial charge in [0.15, 0.2) is 11.6 Å². The lowest BCUT2D eigenvalue weighted by Crippen LogP contribution is -2.29. The lowest BCUT2D eigenvalue weighted by atomic mass is 9.90. The molecule has 0 saturated heterocycles. The summed E-state index contributed by atoms with van der Waals surface area (Å²) in [5.74, 6) is -2.19.